The predicted octanol–water partition coefficient (Wildman–Crippen LogP) is 2.71. The number of nitrogens with one attached hydrogen (secondary N) is 1. The molecule has 3 unspecified atom stereocenters. The van der Waals surface area contributed by atoms with E-state index < -0.39 is 40.2 Å². The lowest BCUT2D eigenvalue weighted by Gasteiger charge is -2.30. The van der Waals surface area contributed by atoms with E-state index in [1.54, 1.807) is 0 Å². The largest absolute Gasteiger partial charge is 0.464 e. The zero-order valence-corrected chi connectivity index (χ0v) is 27.0. The van der Waals surface area contributed by atoms with Crippen LogP contribution in [0.2, 0.25) is 0 Å². The number of likely N-dealkylation sites (tertiary alicyclic amines) is 1. The van der Waals surface area contributed by atoms with Crippen LogP contribution >= 0.6 is 23.5 Å². The van der Waals surface area contributed by atoms with E-state index >= 15 is 0 Å². The molecule has 45 heavy (non-hydrogen) atoms. The van der Waals surface area contributed by atoms with Gasteiger partial charge in [0.1, 0.15) is 38.5 Å². The van der Waals surface area contributed by atoms with Gasteiger partial charge < -0.3 is 24.0 Å². The number of carbonyl (C=O) groups excluding carboxylic acids is 3. The van der Waals surface area contributed by atoms with Crippen LogP contribution in [0.3, 0.4) is 0 Å². The fraction of sp³-hybridized carbons (Fsp3) is 0.679. The second-order valence-corrected chi connectivity index (χ2v) is 12.4. The molecule has 17 heteroatoms. The van der Waals surface area contributed by atoms with Crippen molar-refractivity contribution < 1.29 is 43.7 Å². The molecular weight excluding hydrogens is 632 g/mol. The van der Waals surface area contributed by atoms with Crippen molar-refractivity contribution in [3.8, 4) is 0 Å². The van der Waals surface area contributed by atoms with Gasteiger partial charge in [-0.1, -0.05) is 43.7 Å². The molecule has 1 aromatic rings. The monoisotopic (exact) mass is 674 g/mol. The molecular formula is C28H42N4O11S2. The molecule has 1 saturated heterocycles. The molecule has 15 nitrogen and oxygen atoms in total. The average Bonchev–Trinajstić information content (AvgIpc) is 3.51. The van der Waals surface area contributed by atoms with Gasteiger partial charge in [0.05, 0.1) is 6.04 Å². The summed E-state index contributed by atoms with van der Waals surface area (Å²) in [4.78, 5) is 70.3. The Morgan fingerprint density at radius 3 is 2.11 bits per heavy atom. The number of esters is 2. The Hall–Kier alpha value is -3.31. The molecule has 1 heterocycles. The zero-order chi connectivity index (χ0) is 32.9. The zero-order valence-electron chi connectivity index (χ0n) is 25.4. The molecule has 0 spiro atoms. The van der Waals surface area contributed by atoms with E-state index in [1.807, 2.05) is 37.3 Å². The van der Waals surface area contributed by atoms with Crippen molar-refractivity contribution in [2.45, 2.75) is 63.6 Å². The maximum absolute atomic E-state index is 13.8. The third-order valence-corrected chi connectivity index (χ3v) is 8.55. The molecule has 0 aliphatic carbocycles. The average molecular weight is 675 g/mol. The van der Waals surface area contributed by atoms with Gasteiger partial charge in [0.25, 0.3) is 10.2 Å². The Bertz CT molecular complexity index is 1070. The van der Waals surface area contributed by atoms with Gasteiger partial charge in [-0.2, -0.15) is 23.5 Å². The molecule has 252 valence electrons. The highest BCUT2D eigenvalue weighted by Gasteiger charge is 2.39. The summed E-state index contributed by atoms with van der Waals surface area (Å²) in [6.07, 6.45) is 3.17. The molecule has 0 aromatic heterocycles. The molecule has 1 N–H and O–H groups in total. The van der Waals surface area contributed by atoms with E-state index in [0.717, 1.165) is 5.56 Å². The third kappa shape index (κ3) is 15.5. The number of nitrogens with zero attached hydrogens (tertiary/aromatic N) is 3. The molecule has 3 atom stereocenters. The van der Waals surface area contributed by atoms with Crippen LogP contribution in [-0.4, -0.2) is 107 Å². The number of amides is 1. The van der Waals surface area contributed by atoms with Crippen LogP contribution < -0.4 is 5.32 Å². The first-order valence-corrected chi connectivity index (χ1v) is 17.2. The van der Waals surface area contributed by atoms with Gasteiger partial charge >= 0.3 is 11.9 Å². The van der Waals surface area contributed by atoms with Crippen LogP contribution in [0.15, 0.2) is 30.3 Å². The summed E-state index contributed by atoms with van der Waals surface area (Å²) in [6.45, 7) is 2.42. The molecule has 0 radical (unpaired) electrons. The minimum atomic E-state index is -0.857. The van der Waals surface area contributed by atoms with Gasteiger partial charge in [0.2, 0.25) is 5.91 Å². The van der Waals surface area contributed by atoms with Crippen LogP contribution in [0.25, 0.3) is 0 Å². The van der Waals surface area contributed by atoms with Crippen LogP contribution in [0.5, 0.6) is 0 Å². The number of carbonyl (C=O) groups is 3. The van der Waals surface area contributed by atoms with Crippen LogP contribution in [0.1, 0.15) is 44.6 Å². The molecule has 0 saturated carbocycles. The topological polar surface area (TPSA) is 190 Å². The van der Waals surface area contributed by atoms with Gasteiger partial charge in [-0.15, -0.1) is 20.2 Å². The lowest BCUT2D eigenvalue weighted by Crippen LogP contribution is -2.54. The van der Waals surface area contributed by atoms with Crippen molar-refractivity contribution >= 4 is 41.4 Å². The quantitative estimate of drug-likeness (QED) is 0.0729. The molecule has 1 aromatic carbocycles. The summed E-state index contributed by atoms with van der Waals surface area (Å²) in [5, 5.41) is 22.0. The summed E-state index contributed by atoms with van der Waals surface area (Å²) in [5.74, 6) is 0.338. The highest BCUT2D eigenvalue weighted by molar-refractivity contribution is 7.99. The van der Waals surface area contributed by atoms with Gasteiger partial charge in [0, 0.05) is 29.6 Å². The molecule has 0 bridgehead atoms. The smallest absolute Gasteiger partial charge is 0.328 e. The number of hydrogen-bond donors (Lipinski definition) is 1. The second kappa shape index (κ2) is 22.2. The van der Waals surface area contributed by atoms with Gasteiger partial charge in [-0.3, -0.25) is 14.9 Å². The normalized spacial score (nSPS) is 15.6. The maximum atomic E-state index is 13.8. The van der Waals surface area contributed by atoms with E-state index in [2.05, 4.69) is 15.0 Å². The molecule has 1 fully saturated rings. The number of rotatable bonds is 24. The number of ether oxygens (including phenoxy) is 2. The van der Waals surface area contributed by atoms with E-state index in [-0.39, 0.29) is 32.3 Å². The number of aryl methyl sites for hydroxylation is 1. The van der Waals surface area contributed by atoms with Gasteiger partial charge in [0.15, 0.2) is 0 Å². The first kappa shape index (κ1) is 37.9. The summed E-state index contributed by atoms with van der Waals surface area (Å²) in [5.41, 5.74) is 1.03. The highest BCUT2D eigenvalue weighted by atomic mass is 32.2. The Labute approximate surface area is 270 Å². The maximum Gasteiger partial charge on any atom is 0.328 e. The summed E-state index contributed by atoms with van der Waals surface area (Å²) in [7, 11) is 0. The molecule has 1 aliphatic rings. The first-order chi connectivity index (χ1) is 21.7. The Morgan fingerprint density at radius 1 is 0.911 bits per heavy atom. The minimum absolute atomic E-state index is 0.0530. The Morgan fingerprint density at radius 2 is 1.51 bits per heavy atom. The van der Waals surface area contributed by atoms with Crippen molar-refractivity contribution in [1.82, 2.24) is 10.2 Å². The lowest BCUT2D eigenvalue weighted by molar-refractivity contribution is -0.756. The molecule has 1 amide bonds. The fourth-order valence-corrected chi connectivity index (χ4v) is 5.85. The van der Waals surface area contributed by atoms with Crippen LogP contribution in [0.4, 0.5) is 0 Å². The fourth-order valence-electron chi connectivity index (χ4n) is 4.65. The van der Waals surface area contributed by atoms with Crippen LogP contribution in [-0.2, 0) is 40.0 Å². The summed E-state index contributed by atoms with van der Waals surface area (Å²) < 4.78 is 10.9. The SMILES string of the molecule is CCCC(NC(CCc1ccccc1)C(=O)OCCSCCO[N+](=O)[O-])C(=O)N1CCCC1C(=O)OCCSCCO[N+](=O)[O-]. The third-order valence-electron chi connectivity index (χ3n) is 6.73. The predicted molar refractivity (Wildman–Crippen MR) is 168 cm³/mol. The van der Waals surface area contributed by atoms with Crippen molar-refractivity contribution in [2.75, 3.05) is 56.0 Å². The Kier molecular flexibility index (Phi) is 18.7. The van der Waals surface area contributed by atoms with E-state index in [9.17, 15) is 34.6 Å². The first-order valence-electron chi connectivity index (χ1n) is 14.9. The second-order valence-electron chi connectivity index (χ2n) is 9.95. The Balaban J connectivity index is 1.97. The van der Waals surface area contributed by atoms with Crippen LogP contribution in [0, 0.1) is 20.2 Å². The van der Waals surface area contributed by atoms with Crippen molar-refractivity contribution in [3.05, 3.63) is 56.1 Å². The van der Waals surface area contributed by atoms with Crippen molar-refractivity contribution in [2.24, 2.45) is 0 Å². The van der Waals surface area contributed by atoms with E-state index in [1.165, 1.54) is 28.4 Å². The standard InChI is InChI=1S/C28H42N4O11S2/c1-2-7-23(26(33)30-13-6-10-25(30)28(35)41-15-19-45-21-17-43-32(38)39)29-24(12-11-22-8-4-3-5-9-22)27(34)40-14-18-44-20-16-42-31(36)37/h3-5,8-9,23-25,29H,2,6-7,10-21H2,1H3. The van der Waals surface area contributed by atoms with Gasteiger partial charge in [-0.05, 0) is 37.7 Å². The lowest BCUT2D eigenvalue weighted by atomic mass is 10.0. The van der Waals surface area contributed by atoms with Gasteiger partial charge in [-0.25, -0.2) is 4.79 Å². The number of benzene rings is 1. The van der Waals surface area contributed by atoms with Crippen molar-refractivity contribution in [1.29, 1.82) is 0 Å². The van der Waals surface area contributed by atoms with E-state index in [4.69, 9.17) is 9.47 Å². The van der Waals surface area contributed by atoms with Crippen molar-refractivity contribution in [3.63, 3.8) is 0 Å². The number of thioether (sulfide) groups is 2. The highest BCUT2D eigenvalue weighted by Crippen LogP contribution is 2.21. The minimum Gasteiger partial charge on any atom is -0.464 e. The summed E-state index contributed by atoms with van der Waals surface area (Å²) in [6, 6.07) is 7.42. The molecule has 1 aliphatic heterocycles. The summed E-state index contributed by atoms with van der Waals surface area (Å²) >= 11 is 2.70. The molecule has 2 rings (SSSR count). The number of hydrogen-bond acceptors (Lipinski definition) is 14. The van der Waals surface area contributed by atoms with E-state index in [0.29, 0.717) is 68.1 Å².